The Labute approximate surface area is 272 Å². The Hall–Kier alpha value is -2.75. The molecule has 2 saturated heterocycles. The first-order chi connectivity index (χ1) is 21.0. The summed E-state index contributed by atoms with van der Waals surface area (Å²) in [6, 6.07) is 9.98. The summed E-state index contributed by atoms with van der Waals surface area (Å²) in [5.74, 6) is -2.40. The molecule has 11 nitrogen and oxygen atoms in total. The van der Waals surface area contributed by atoms with Gasteiger partial charge in [-0.1, -0.05) is 23.7 Å². The van der Waals surface area contributed by atoms with Crippen molar-refractivity contribution in [2.75, 3.05) is 39.0 Å². The smallest absolute Gasteiger partial charge is 0.430 e. The largest absolute Gasteiger partial charge is 0.461 e. The molecule has 0 radical (unpaired) electrons. The third kappa shape index (κ3) is 7.98. The summed E-state index contributed by atoms with van der Waals surface area (Å²) in [4.78, 5) is 51.4. The molecule has 0 aliphatic carbocycles. The second-order valence-electron chi connectivity index (χ2n) is 12.0. The number of piperazine rings is 1. The summed E-state index contributed by atoms with van der Waals surface area (Å²) in [5.41, 5.74) is -3.02. The van der Waals surface area contributed by atoms with E-state index in [0.717, 1.165) is 24.3 Å². The van der Waals surface area contributed by atoms with E-state index in [9.17, 15) is 27.2 Å². The van der Waals surface area contributed by atoms with Crippen LogP contribution in [0, 0.1) is 5.82 Å². The first kappa shape index (κ1) is 35.1. The number of amides is 1. The fourth-order valence-corrected chi connectivity index (χ4v) is 8.08. The predicted molar refractivity (Wildman–Crippen MR) is 169 cm³/mol. The molecule has 2 fully saturated rings. The number of Topliss-reactive ketones (excluding diaryl/α,β-unsaturated/α-hetero) is 1. The number of nitrogens with one attached hydrogen (secondary N) is 1. The molecule has 2 aromatic carbocycles. The number of benzene rings is 2. The van der Waals surface area contributed by atoms with Crippen LogP contribution < -0.4 is 5.32 Å². The zero-order valence-electron chi connectivity index (χ0n) is 25.8. The number of thioether (sulfide) groups is 1. The maximum atomic E-state index is 14.8. The number of likely N-dealkylation sites (N-methyl/N-ethyl adjacent to an activating group) is 1. The zero-order valence-corrected chi connectivity index (χ0v) is 28.2. The number of hydrogen-bond acceptors (Lipinski definition) is 10. The van der Waals surface area contributed by atoms with Crippen LogP contribution in [0.1, 0.15) is 33.3 Å². The second kappa shape index (κ2) is 13.9. The maximum Gasteiger partial charge on any atom is 0.430 e. The molecule has 2 aliphatic heterocycles. The van der Waals surface area contributed by atoms with Crippen LogP contribution >= 0.6 is 23.4 Å². The van der Waals surface area contributed by atoms with Crippen LogP contribution in [0.4, 0.5) is 9.18 Å². The van der Waals surface area contributed by atoms with Crippen LogP contribution in [0.15, 0.2) is 53.4 Å². The van der Waals surface area contributed by atoms with Crippen LogP contribution in [-0.2, 0) is 35.6 Å². The number of ether oxygens (including phenoxy) is 1. The number of hydroxylamine groups is 1. The standard InChI is InChI=1S/C30H38ClFN4O7S2/c1-20(2)42-27(38)30(18-21-7-6-8-22(31)17-21,25(37)26-33-29(3,4)19-44-26)36(43-28(39)35-15-13-34(5)14-16-35)45(40,41)24-11-9-23(32)10-12-24/h6-12,17,20,26,33H,13-16,18-19H2,1-5H3/t26-,30+/m0/s1. The van der Waals surface area contributed by atoms with Crippen molar-refractivity contribution < 1.29 is 36.8 Å². The highest BCUT2D eigenvalue weighted by Gasteiger charge is 2.63. The van der Waals surface area contributed by atoms with E-state index in [1.807, 2.05) is 25.8 Å². The van der Waals surface area contributed by atoms with Crippen LogP contribution in [-0.4, -0.2) is 102 Å². The molecule has 2 atom stereocenters. The monoisotopic (exact) mass is 684 g/mol. The minimum absolute atomic E-state index is 0.176. The van der Waals surface area contributed by atoms with Gasteiger partial charge in [0.05, 0.1) is 11.0 Å². The molecule has 45 heavy (non-hydrogen) atoms. The number of halogens is 2. The van der Waals surface area contributed by atoms with Crippen molar-refractivity contribution in [1.82, 2.24) is 19.6 Å². The minimum atomic E-state index is -5.04. The highest BCUT2D eigenvalue weighted by Crippen LogP contribution is 2.38. The van der Waals surface area contributed by atoms with Gasteiger partial charge in [0.2, 0.25) is 5.54 Å². The van der Waals surface area contributed by atoms with Crippen molar-refractivity contribution in [3.8, 4) is 0 Å². The number of carbonyl (C=O) groups excluding carboxylic acids is 3. The normalized spacial score (nSPS) is 20.2. The number of carbonyl (C=O) groups is 3. The summed E-state index contributed by atoms with van der Waals surface area (Å²) < 4.78 is 48.8. The molecule has 1 amide bonds. The molecule has 0 bridgehead atoms. The molecule has 0 spiro atoms. The lowest BCUT2D eigenvalue weighted by Gasteiger charge is -2.40. The van der Waals surface area contributed by atoms with Gasteiger partial charge in [0.1, 0.15) is 11.2 Å². The Morgan fingerprint density at radius 3 is 2.33 bits per heavy atom. The van der Waals surface area contributed by atoms with E-state index >= 15 is 0 Å². The van der Waals surface area contributed by atoms with E-state index < -0.39 is 67.6 Å². The molecule has 1 N–H and O–H groups in total. The molecule has 2 aliphatic rings. The first-order valence-electron chi connectivity index (χ1n) is 14.4. The van der Waals surface area contributed by atoms with Gasteiger partial charge in [-0.05, 0) is 76.7 Å². The number of ketones is 1. The van der Waals surface area contributed by atoms with Crippen LogP contribution in [0.3, 0.4) is 0 Å². The summed E-state index contributed by atoms with van der Waals surface area (Å²) in [7, 11) is -3.17. The van der Waals surface area contributed by atoms with E-state index in [0.29, 0.717) is 24.4 Å². The van der Waals surface area contributed by atoms with Gasteiger partial charge in [0.15, 0.2) is 5.78 Å². The van der Waals surface area contributed by atoms with Crippen molar-refractivity contribution in [3.05, 3.63) is 64.9 Å². The third-order valence-electron chi connectivity index (χ3n) is 7.37. The quantitative estimate of drug-likeness (QED) is 0.225. The lowest BCUT2D eigenvalue weighted by atomic mass is 9.86. The van der Waals surface area contributed by atoms with Crippen molar-refractivity contribution in [3.63, 3.8) is 0 Å². The molecule has 4 rings (SSSR count). The fourth-order valence-electron chi connectivity index (χ4n) is 4.98. The van der Waals surface area contributed by atoms with Crippen LogP contribution in [0.5, 0.6) is 0 Å². The van der Waals surface area contributed by atoms with E-state index in [4.69, 9.17) is 21.2 Å². The highest BCUT2D eigenvalue weighted by atomic mass is 35.5. The summed E-state index contributed by atoms with van der Waals surface area (Å²) in [6.07, 6.45) is -2.46. The van der Waals surface area contributed by atoms with E-state index in [1.165, 1.54) is 22.7 Å². The molecule has 0 saturated carbocycles. The lowest BCUT2D eigenvalue weighted by Crippen LogP contribution is -2.68. The Balaban J connectivity index is 1.98. The molecule has 2 heterocycles. The molecule has 246 valence electrons. The van der Waals surface area contributed by atoms with Crippen molar-refractivity contribution in [1.29, 1.82) is 0 Å². The Morgan fingerprint density at radius 2 is 1.78 bits per heavy atom. The van der Waals surface area contributed by atoms with Gasteiger partial charge in [0.25, 0.3) is 10.0 Å². The molecular formula is C30H38ClFN4O7S2. The van der Waals surface area contributed by atoms with Crippen molar-refractivity contribution in [2.24, 2.45) is 0 Å². The SMILES string of the molecule is CC(C)OC(=O)[C@@](Cc1cccc(Cl)c1)(C(=O)[C@H]1NC(C)(C)CS1)N(OC(=O)N1CCN(C)CC1)S(=O)(=O)c1ccc(F)cc1. The van der Waals surface area contributed by atoms with E-state index in [-0.39, 0.29) is 22.6 Å². The second-order valence-corrected chi connectivity index (χ2v) is 15.3. The fraction of sp³-hybridized carbons (Fsp3) is 0.500. The van der Waals surface area contributed by atoms with Gasteiger partial charge in [-0.3, -0.25) is 10.1 Å². The average Bonchev–Trinajstić information content (AvgIpc) is 3.34. The van der Waals surface area contributed by atoms with E-state index in [1.54, 1.807) is 32.0 Å². The molecular weight excluding hydrogens is 647 g/mol. The van der Waals surface area contributed by atoms with Crippen LogP contribution in [0.2, 0.25) is 5.02 Å². The van der Waals surface area contributed by atoms with Gasteiger partial charge in [-0.25, -0.2) is 22.4 Å². The Kier molecular flexibility index (Phi) is 10.9. The number of sulfonamides is 1. The number of hydrogen-bond donors (Lipinski definition) is 1. The Bertz CT molecular complexity index is 1520. The predicted octanol–water partition coefficient (Wildman–Crippen LogP) is 3.71. The lowest BCUT2D eigenvalue weighted by molar-refractivity contribution is -0.183. The van der Waals surface area contributed by atoms with Gasteiger partial charge in [-0.15, -0.1) is 11.8 Å². The molecule has 15 heteroatoms. The summed E-state index contributed by atoms with van der Waals surface area (Å²) in [5, 5.41) is 2.34. The summed E-state index contributed by atoms with van der Waals surface area (Å²) in [6.45, 7) is 8.20. The van der Waals surface area contributed by atoms with Gasteiger partial charge < -0.3 is 19.4 Å². The Morgan fingerprint density at radius 1 is 1.13 bits per heavy atom. The van der Waals surface area contributed by atoms with Gasteiger partial charge >= 0.3 is 12.1 Å². The van der Waals surface area contributed by atoms with E-state index in [2.05, 4.69) is 5.32 Å². The summed E-state index contributed by atoms with van der Waals surface area (Å²) >= 11 is 7.46. The first-order valence-corrected chi connectivity index (χ1v) is 17.3. The maximum absolute atomic E-state index is 14.8. The zero-order chi connectivity index (χ0) is 33.2. The minimum Gasteiger partial charge on any atom is -0.461 e. The molecule has 0 unspecified atom stereocenters. The average molecular weight is 685 g/mol. The number of nitrogens with zero attached hydrogens (tertiary/aromatic N) is 3. The molecule has 2 aromatic rings. The number of rotatable bonds is 10. The molecule has 0 aromatic heterocycles. The highest BCUT2D eigenvalue weighted by molar-refractivity contribution is 8.00. The van der Waals surface area contributed by atoms with Crippen LogP contribution in [0.25, 0.3) is 0 Å². The third-order valence-corrected chi connectivity index (χ3v) is 10.9. The van der Waals surface area contributed by atoms with Crippen molar-refractivity contribution in [2.45, 2.75) is 61.6 Å². The van der Waals surface area contributed by atoms with Crippen molar-refractivity contribution >= 4 is 51.2 Å². The number of esters is 1. The van der Waals surface area contributed by atoms with Gasteiger partial charge in [0, 0.05) is 53.4 Å². The van der Waals surface area contributed by atoms with Gasteiger partial charge in [-0.2, -0.15) is 0 Å². The topological polar surface area (TPSA) is 126 Å².